The topological polar surface area (TPSA) is 42.2 Å². The molecule has 0 aliphatic carbocycles. The lowest BCUT2D eigenvalue weighted by Gasteiger charge is -2.07. The Bertz CT molecular complexity index is 863. The van der Waals surface area contributed by atoms with Crippen molar-refractivity contribution in [2.24, 2.45) is 0 Å². The molecule has 0 fully saturated rings. The Labute approximate surface area is 139 Å². The molecular formula is C19H15NO2S. The van der Waals surface area contributed by atoms with Crippen molar-refractivity contribution in [1.29, 1.82) is 5.26 Å². The van der Waals surface area contributed by atoms with E-state index in [1.165, 1.54) is 10.1 Å². The summed E-state index contributed by atoms with van der Waals surface area (Å²) in [5.41, 5.74) is 1.36. The molecule has 0 aliphatic heterocycles. The highest BCUT2D eigenvalue weighted by molar-refractivity contribution is 7.19. The molecule has 4 heteroatoms. The summed E-state index contributed by atoms with van der Waals surface area (Å²) in [5, 5.41) is 10.7. The van der Waals surface area contributed by atoms with Crippen LogP contribution in [0.3, 0.4) is 0 Å². The highest BCUT2D eigenvalue weighted by atomic mass is 32.1. The maximum atomic E-state index is 9.55. The van der Waals surface area contributed by atoms with Gasteiger partial charge in [0.1, 0.15) is 11.5 Å². The van der Waals surface area contributed by atoms with E-state index in [0.717, 1.165) is 10.4 Å². The summed E-state index contributed by atoms with van der Waals surface area (Å²) in [5.74, 6) is 1.33. The SMILES string of the molecule is COc1cc(OC)cc(C(C#N)=Cc2cc3ccccc3s2)c1. The fourth-order valence-electron chi connectivity index (χ4n) is 2.36. The van der Waals surface area contributed by atoms with Crippen LogP contribution in [0.4, 0.5) is 0 Å². The Hall–Kier alpha value is -2.77. The smallest absolute Gasteiger partial charge is 0.123 e. The molecule has 0 radical (unpaired) electrons. The molecule has 3 nitrogen and oxygen atoms in total. The van der Waals surface area contributed by atoms with E-state index in [1.807, 2.05) is 30.3 Å². The zero-order valence-electron chi connectivity index (χ0n) is 12.9. The van der Waals surface area contributed by atoms with Crippen LogP contribution in [0.1, 0.15) is 10.4 Å². The van der Waals surface area contributed by atoms with E-state index >= 15 is 0 Å². The number of allylic oxidation sites excluding steroid dienone is 1. The van der Waals surface area contributed by atoms with Gasteiger partial charge in [0, 0.05) is 15.6 Å². The van der Waals surface area contributed by atoms with Gasteiger partial charge < -0.3 is 9.47 Å². The Morgan fingerprint density at radius 3 is 2.35 bits per heavy atom. The Balaban J connectivity index is 2.06. The van der Waals surface area contributed by atoms with Gasteiger partial charge in [0.15, 0.2) is 0 Å². The number of nitrogens with zero attached hydrogens (tertiary/aromatic N) is 1. The molecule has 0 amide bonds. The van der Waals surface area contributed by atoms with Crippen molar-refractivity contribution in [3.8, 4) is 17.6 Å². The van der Waals surface area contributed by atoms with E-state index in [9.17, 15) is 5.26 Å². The monoisotopic (exact) mass is 321 g/mol. The summed E-state index contributed by atoms with van der Waals surface area (Å²) < 4.78 is 11.8. The van der Waals surface area contributed by atoms with E-state index in [4.69, 9.17) is 9.47 Å². The number of thiophene rings is 1. The first-order valence-corrected chi connectivity index (χ1v) is 7.89. The van der Waals surface area contributed by atoms with Gasteiger partial charge in [-0.3, -0.25) is 0 Å². The molecule has 3 rings (SSSR count). The summed E-state index contributed by atoms with van der Waals surface area (Å²) in [6.45, 7) is 0. The molecule has 114 valence electrons. The number of methoxy groups -OCH3 is 2. The lowest BCUT2D eigenvalue weighted by Crippen LogP contribution is -1.90. The van der Waals surface area contributed by atoms with Crippen molar-refractivity contribution in [3.63, 3.8) is 0 Å². The summed E-state index contributed by atoms with van der Waals surface area (Å²) in [6, 6.07) is 18.0. The van der Waals surface area contributed by atoms with Crippen LogP contribution in [0.5, 0.6) is 11.5 Å². The minimum Gasteiger partial charge on any atom is -0.497 e. The summed E-state index contributed by atoms with van der Waals surface area (Å²) in [6.07, 6.45) is 1.90. The van der Waals surface area contributed by atoms with Crippen molar-refractivity contribution >= 4 is 33.1 Å². The number of benzene rings is 2. The molecule has 2 aromatic carbocycles. The predicted molar refractivity (Wildman–Crippen MR) is 94.9 cm³/mol. The molecule has 0 aliphatic rings. The third-order valence-electron chi connectivity index (χ3n) is 3.51. The van der Waals surface area contributed by atoms with Crippen LogP contribution >= 0.6 is 11.3 Å². The van der Waals surface area contributed by atoms with Gasteiger partial charge in [-0.15, -0.1) is 11.3 Å². The van der Waals surface area contributed by atoms with Crippen molar-refractivity contribution in [2.75, 3.05) is 14.2 Å². The third-order valence-corrected chi connectivity index (χ3v) is 4.58. The first kappa shape index (κ1) is 15.1. The normalized spacial score (nSPS) is 11.3. The highest BCUT2D eigenvalue weighted by Crippen LogP contribution is 2.31. The number of fused-ring (bicyclic) bond motifs is 1. The van der Waals surface area contributed by atoms with E-state index in [1.54, 1.807) is 31.6 Å². The zero-order valence-corrected chi connectivity index (χ0v) is 13.7. The average Bonchev–Trinajstić information content (AvgIpc) is 3.01. The summed E-state index contributed by atoms with van der Waals surface area (Å²) >= 11 is 1.67. The van der Waals surface area contributed by atoms with Gasteiger partial charge in [-0.1, -0.05) is 18.2 Å². The van der Waals surface area contributed by atoms with E-state index in [-0.39, 0.29) is 0 Å². The van der Waals surface area contributed by atoms with E-state index < -0.39 is 0 Å². The molecule has 0 spiro atoms. The number of nitriles is 1. The minimum absolute atomic E-state index is 0.578. The van der Waals surface area contributed by atoms with E-state index in [2.05, 4.69) is 24.3 Å². The number of hydrogen-bond donors (Lipinski definition) is 0. The first-order valence-electron chi connectivity index (χ1n) is 7.07. The van der Waals surface area contributed by atoms with Gasteiger partial charge >= 0.3 is 0 Å². The average molecular weight is 321 g/mol. The summed E-state index contributed by atoms with van der Waals surface area (Å²) in [4.78, 5) is 1.05. The minimum atomic E-state index is 0.578. The first-order chi connectivity index (χ1) is 11.2. The maximum absolute atomic E-state index is 9.55. The number of hydrogen-bond acceptors (Lipinski definition) is 4. The van der Waals surface area contributed by atoms with Crippen LogP contribution in [0, 0.1) is 11.3 Å². The molecule has 0 N–H and O–H groups in total. The van der Waals surface area contributed by atoms with Gasteiger partial charge in [-0.2, -0.15) is 5.26 Å². The van der Waals surface area contributed by atoms with Gasteiger partial charge in [0.2, 0.25) is 0 Å². The molecule has 1 heterocycles. The zero-order chi connectivity index (χ0) is 16.2. The Morgan fingerprint density at radius 1 is 1.04 bits per heavy atom. The third kappa shape index (κ3) is 3.20. The molecule has 0 unspecified atom stereocenters. The van der Waals surface area contributed by atoms with Gasteiger partial charge in [0.25, 0.3) is 0 Å². The van der Waals surface area contributed by atoms with Gasteiger partial charge in [0.05, 0.1) is 25.9 Å². The number of rotatable bonds is 4. The molecule has 1 aromatic heterocycles. The fraction of sp³-hybridized carbons (Fsp3) is 0.105. The van der Waals surface area contributed by atoms with Crippen LogP contribution in [0.15, 0.2) is 48.5 Å². The Morgan fingerprint density at radius 2 is 1.74 bits per heavy atom. The van der Waals surface area contributed by atoms with Crippen LogP contribution in [0.25, 0.3) is 21.7 Å². The van der Waals surface area contributed by atoms with Crippen molar-refractivity contribution in [2.45, 2.75) is 0 Å². The molecule has 23 heavy (non-hydrogen) atoms. The van der Waals surface area contributed by atoms with Crippen molar-refractivity contribution < 1.29 is 9.47 Å². The lowest BCUT2D eigenvalue weighted by atomic mass is 10.1. The standard InChI is InChI=1S/C19H15NO2S/c1-21-16-7-14(8-17(11-16)22-2)15(12-20)10-18-9-13-5-3-4-6-19(13)23-18/h3-11H,1-2H3. The fourth-order valence-corrected chi connectivity index (χ4v) is 3.37. The van der Waals surface area contributed by atoms with Gasteiger partial charge in [-0.25, -0.2) is 0 Å². The maximum Gasteiger partial charge on any atom is 0.123 e. The molecule has 0 saturated heterocycles. The largest absolute Gasteiger partial charge is 0.497 e. The second kappa shape index (κ2) is 6.55. The van der Waals surface area contributed by atoms with Crippen LogP contribution in [0.2, 0.25) is 0 Å². The Kier molecular flexibility index (Phi) is 4.31. The van der Waals surface area contributed by atoms with Gasteiger partial charge in [-0.05, 0) is 41.3 Å². The molecule has 0 atom stereocenters. The molecule has 3 aromatic rings. The summed E-state index contributed by atoms with van der Waals surface area (Å²) in [7, 11) is 3.20. The van der Waals surface area contributed by atoms with Crippen LogP contribution in [-0.4, -0.2) is 14.2 Å². The quantitative estimate of drug-likeness (QED) is 0.636. The second-order valence-corrected chi connectivity index (χ2v) is 6.07. The lowest BCUT2D eigenvalue weighted by molar-refractivity contribution is 0.394. The molecule has 0 bridgehead atoms. The van der Waals surface area contributed by atoms with E-state index in [0.29, 0.717) is 17.1 Å². The second-order valence-electron chi connectivity index (χ2n) is 4.96. The number of ether oxygens (including phenoxy) is 2. The molecular weight excluding hydrogens is 306 g/mol. The predicted octanol–water partition coefficient (Wildman–Crippen LogP) is 4.98. The molecule has 0 saturated carbocycles. The van der Waals surface area contributed by atoms with Crippen LogP contribution in [-0.2, 0) is 0 Å². The van der Waals surface area contributed by atoms with Crippen molar-refractivity contribution in [1.82, 2.24) is 0 Å². The van der Waals surface area contributed by atoms with Crippen molar-refractivity contribution in [3.05, 3.63) is 59.0 Å². The van der Waals surface area contributed by atoms with Crippen LogP contribution < -0.4 is 9.47 Å². The highest BCUT2D eigenvalue weighted by Gasteiger charge is 2.08.